The molecule has 1 atom stereocenters. The van der Waals surface area contributed by atoms with Crippen LogP contribution in [0.4, 0.5) is 4.79 Å². The minimum absolute atomic E-state index is 0.0482. The van der Waals surface area contributed by atoms with E-state index in [-0.39, 0.29) is 18.1 Å². The second-order valence-corrected chi connectivity index (χ2v) is 5.93. The van der Waals surface area contributed by atoms with Gasteiger partial charge in [0.2, 0.25) is 0 Å². The molecule has 0 bridgehead atoms. The molecule has 1 aromatic carbocycles. The van der Waals surface area contributed by atoms with Crippen LogP contribution in [0.3, 0.4) is 0 Å². The van der Waals surface area contributed by atoms with Gasteiger partial charge in [-0.3, -0.25) is 0 Å². The molecule has 0 unspecified atom stereocenters. The molecule has 1 aromatic rings. The number of carbonyl (C=O) groups is 1. The highest BCUT2D eigenvalue weighted by Gasteiger charge is 2.34. The first-order valence-corrected chi connectivity index (χ1v) is 7.54. The lowest BCUT2D eigenvalue weighted by molar-refractivity contribution is 0.161. The molecule has 0 radical (unpaired) electrons. The van der Waals surface area contributed by atoms with Gasteiger partial charge in [-0.15, -0.1) is 6.42 Å². The van der Waals surface area contributed by atoms with Crippen molar-refractivity contribution < 1.29 is 4.79 Å². The Labute approximate surface area is 125 Å². The molecule has 1 fully saturated rings. The van der Waals surface area contributed by atoms with Crippen LogP contribution in [0.25, 0.3) is 0 Å². The molecule has 0 spiro atoms. The molecule has 1 saturated carbocycles. The first kappa shape index (κ1) is 14.0. The topological polar surface area (TPSA) is 58.4 Å². The number of fused-ring (bicyclic) bond motifs is 1. The van der Waals surface area contributed by atoms with E-state index >= 15 is 0 Å². The number of amides is 2. The molecule has 0 aromatic heterocycles. The lowest BCUT2D eigenvalue weighted by Gasteiger charge is -2.39. The minimum Gasteiger partial charge on any atom is -0.335 e. The highest BCUT2D eigenvalue weighted by molar-refractivity contribution is 5.76. The predicted molar refractivity (Wildman–Crippen MR) is 82.5 cm³/mol. The number of nitrogens with one attached hydrogen (secondary N) is 1. The van der Waals surface area contributed by atoms with E-state index < -0.39 is 0 Å². The van der Waals surface area contributed by atoms with Gasteiger partial charge in [0.05, 0.1) is 0 Å². The zero-order valence-corrected chi connectivity index (χ0v) is 12.1. The second kappa shape index (κ2) is 5.79. The Morgan fingerprint density at radius 2 is 2.19 bits per heavy atom. The maximum absolute atomic E-state index is 12.5. The van der Waals surface area contributed by atoms with Crippen LogP contribution in [0.2, 0.25) is 0 Å². The average molecular weight is 283 g/mol. The van der Waals surface area contributed by atoms with E-state index in [1.807, 2.05) is 18.2 Å². The average Bonchev–Trinajstić information content (AvgIpc) is 2.48. The zero-order valence-electron chi connectivity index (χ0n) is 12.1. The monoisotopic (exact) mass is 283 g/mol. The van der Waals surface area contributed by atoms with Crippen molar-refractivity contribution >= 4 is 6.03 Å². The first-order chi connectivity index (χ1) is 10.2. The fourth-order valence-electron chi connectivity index (χ4n) is 3.27. The summed E-state index contributed by atoms with van der Waals surface area (Å²) in [6.45, 7) is 1.38. The van der Waals surface area contributed by atoms with Crippen molar-refractivity contribution in [2.45, 2.75) is 31.3 Å². The lowest BCUT2D eigenvalue weighted by atomic mass is 9.80. The highest BCUT2D eigenvalue weighted by atomic mass is 16.2. The van der Waals surface area contributed by atoms with Crippen LogP contribution in [0.1, 0.15) is 30.0 Å². The summed E-state index contributed by atoms with van der Waals surface area (Å²) in [5.74, 6) is 3.32. The van der Waals surface area contributed by atoms with Crippen LogP contribution in [-0.4, -0.2) is 30.1 Å². The van der Waals surface area contributed by atoms with Crippen molar-refractivity contribution in [2.24, 2.45) is 11.7 Å². The van der Waals surface area contributed by atoms with Gasteiger partial charge in [-0.2, -0.15) is 0 Å². The molecule has 1 aliphatic carbocycles. The van der Waals surface area contributed by atoms with E-state index in [1.54, 1.807) is 4.90 Å². The summed E-state index contributed by atoms with van der Waals surface area (Å²) in [6.07, 6.45) is 8.50. The zero-order chi connectivity index (χ0) is 14.8. The Kier molecular flexibility index (Phi) is 3.85. The van der Waals surface area contributed by atoms with E-state index in [2.05, 4.69) is 17.3 Å². The summed E-state index contributed by atoms with van der Waals surface area (Å²) in [5, 5.41) is 3.08. The van der Waals surface area contributed by atoms with Gasteiger partial charge >= 0.3 is 6.03 Å². The van der Waals surface area contributed by atoms with Crippen molar-refractivity contribution in [1.29, 1.82) is 0 Å². The van der Waals surface area contributed by atoms with Gasteiger partial charge in [0.15, 0.2) is 0 Å². The van der Waals surface area contributed by atoms with Gasteiger partial charge in [-0.05, 0) is 42.9 Å². The summed E-state index contributed by atoms with van der Waals surface area (Å²) in [6, 6.07) is 8.04. The minimum atomic E-state index is -0.264. The van der Waals surface area contributed by atoms with Gasteiger partial charge in [0.1, 0.15) is 6.04 Å². The Balaban J connectivity index is 1.69. The number of nitrogens with two attached hydrogens (primary N) is 1. The number of carbonyl (C=O) groups excluding carboxylic acids is 1. The van der Waals surface area contributed by atoms with Crippen molar-refractivity contribution in [3.8, 4) is 12.3 Å². The van der Waals surface area contributed by atoms with E-state index in [1.165, 1.54) is 5.56 Å². The smallest absolute Gasteiger partial charge is 0.318 e. The van der Waals surface area contributed by atoms with Gasteiger partial charge < -0.3 is 16.0 Å². The van der Waals surface area contributed by atoms with Crippen LogP contribution >= 0.6 is 0 Å². The number of hydrogen-bond acceptors (Lipinski definition) is 2. The van der Waals surface area contributed by atoms with Gasteiger partial charge in [0, 0.05) is 12.6 Å². The molecule has 2 amide bonds. The Hall–Kier alpha value is -1.99. The molecule has 110 valence electrons. The summed E-state index contributed by atoms with van der Waals surface area (Å²) in [7, 11) is 0. The van der Waals surface area contributed by atoms with Crippen LogP contribution in [0, 0.1) is 18.3 Å². The van der Waals surface area contributed by atoms with E-state index in [0.29, 0.717) is 19.0 Å². The van der Waals surface area contributed by atoms with Crippen LogP contribution in [0.15, 0.2) is 24.3 Å². The van der Waals surface area contributed by atoms with Crippen LogP contribution in [-0.2, 0) is 6.42 Å². The van der Waals surface area contributed by atoms with Crippen molar-refractivity contribution in [3.63, 3.8) is 0 Å². The molecule has 21 heavy (non-hydrogen) atoms. The molecule has 3 N–H and O–H groups in total. The summed E-state index contributed by atoms with van der Waals surface area (Å²) < 4.78 is 0. The highest BCUT2D eigenvalue weighted by Crippen LogP contribution is 2.30. The van der Waals surface area contributed by atoms with Crippen molar-refractivity contribution in [3.05, 3.63) is 35.4 Å². The Bertz CT molecular complexity index is 572. The number of terminal acetylenes is 1. The van der Waals surface area contributed by atoms with Gasteiger partial charge in [0.25, 0.3) is 0 Å². The standard InChI is InChI=1S/C17H21N3O/c1-2-16-15-6-4-3-5-13(15)7-8-20(16)17(21)19-14-9-12(10-14)11-18/h1,3-6,12,14,16H,7-11,18H2,(H,19,21)/t12?,14?,16-/m0/s1. The summed E-state index contributed by atoms with van der Waals surface area (Å²) >= 11 is 0. The number of rotatable bonds is 2. The fourth-order valence-corrected chi connectivity index (χ4v) is 3.27. The van der Waals surface area contributed by atoms with Gasteiger partial charge in [-0.25, -0.2) is 4.79 Å². The van der Waals surface area contributed by atoms with Crippen molar-refractivity contribution in [2.75, 3.05) is 13.1 Å². The Morgan fingerprint density at radius 1 is 1.43 bits per heavy atom. The molecule has 3 rings (SSSR count). The molecule has 2 aliphatic rings. The third-order valence-corrected chi connectivity index (χ3v) is 4.60. The lowest BCUT2D eigenvalue weighted by Crippen LogP contribution is -2.52. The Morgan fingerprint density at radius 3 is 2.90 bits per heavy atom. The third-order valence-electron chi connectivity index (χ3n) is 4.60. The number of benzene rings is 1. The maximum atomic E-state index is 12.5. The van der Waals surface area contributed by atoms with E-state index in [4.69, 9.17) is 12.2 Å². The second-order valence-electron chi connectivity index (χ2n) is 5.93. The van der Waals surface area contributed by atoms with Crippen molar-refractivity contribution in [1.82, 2.24) is 10.2 Å². The molecule has 4 heteroatoms. The molecule has 0 saturated heterocycles. The molecule has 4 nitrogen and oxygen atoms in total. The molecule has 1 aliphatic heterocycles. The SMILES string of the molecule is C#C[C@H]1c2ccccc2CCN1C(=O)NC1CC(CN)C1. The van der Waals surface area contributed by atoms with Crippen LogP contribution in [0.5, 0.6) is 0 Å². The largest absolute Gasteiger partial charge is 0.335 e. The third kappa shape index (κ3) is 2.62. The van der Waals surface area contributed by atoms with Crippen LogP contribution < -0.4 is 11.1 Å². The summed E-state index contributed by atoms with van der Waals surface area (Å²) in [5.41, 5.74) is 7.94. The summed E-state index contributed by atoms with van der Waals surface area (Å²) in [4.78, 5) is 14.2. The quantitative estimate of drug-likeness (QED) is 0.811. The predicted octanol–water partition coefficient (Wildman–Crippen LogP) is 1.67. The number of nitrogens with zero attached hydrogens (tertiary/aromatic N) is 1. The molecular weight excluding hydrogens is 262 g/mol. The number of hydrogen-bond donors (Lipinski definition) is 2. The first-order valence-electron chi connectivity index (χ1n) is 7.54. The molecular formula is C17H21N3O. The van der Waals surface area contributed by atoms with E-state index in [9.17, 15) is 4.79 Å². The van der Waals surface area contributed by atoms with Gasteiger partial charge in [-0.1, -0.05) is 30.2 Å². The van der Waals surface area contributed by atoms with E-state index in [0.717, 1.165) is 24.8 Å². The maximum Gasteiger partial charge on any atom is 0.318 e. The fraction of sp³-hybridized carbons (Fsp3) is 0.471. The normalized spacial score (nSPS) is 27.2. The molecule has 1 heterocycles. The number of urea groups is 1.